The van der Waals surface area contributed by atoms with Crippen LogP contribution in [-0.4, -0.2) is 15.9 Å². The van der Waals surface area contributed by atoms with Crippen LogP contribution >= 0.6 is 0 Å². The van der Waals surface area contributed by atoms with Crippen LogP contribution in [0.2, 0.25) is 0 Å². The summed E-state index contributed by atoms with van der Waals surface area (Å²) in [7, 11) is 0. The number of benzene rings is 1. The monoisotopic (exact) mass is 191 g/mol. The minimum Gasteiger partial charge on any atom is -0.369 e. The number of aromatic nitrogens is 2. The van der Waals surface area contributed by atoms with Gasteiger partial charge in [-0.3, -0.25) is 4.79 Å². The molecule has 0 radical (unpaired) electrons. The van der Waals surface area contributed by atoms with Crippen molar-refractivity contribution in [1.29, 1.82) is 0 Å². The van der Waals surface area contributed by atoms with Gasteiger partial charge in [-0.15, -0.1) is 0 Å². The first kappa shape index (κ1) is 8.55. The van der Waals surface area contributed by atoms with Crippen molar-refractivity contribution in [3.05, 3.63) is 34.2 Å². The number of carbonyl (C=O) groups is 1. The summed E-state index contributed by atoms with van der Waals surface area (Å²) in [5, 5.41) is 0. The molecule has 0 aliphatic carbocycles. The lowest BCUT2D eigenvalue weighted by Gasteiger charge is -1.96. The third kappa shape index (κ3) is 1.52. The SMILES string of the molecule is NC(=O)Cc1ccc2[nH]c(=O)[nH]c2c1. The van der Waals surface area contributed by atoms with E-state index in [2.05, 4.69) is 9.97 Å². The normalized spacial score (nSPS) is 10.6. The zero-order chi connectivity index (χ0) is 10.1. The van der Waals surface area contributed by atoms with Crippen LogP contribution in [0.15, 0.2) is 23.0 Å². The van der Waals surface area contributed by atoms with E-state index in [-0.39, 0.29) is 18.0 Å². The van der Waals surface area contributed by atoms with E-state index in [1.54, 1.807) is 18.2 Å². The maximum Gasteiger partial charge on any atom is 0.323 e. The summed E-state index contributed by atoms with van der Waals surface area (Å²) in [5.41, 5.74) is 7.01. The number of imidazole rings is 1. The molecular formula is C9H9N3O2. The van der Waals surface area contributed by atoms with Crippen molar-refractivity contribution in [3.63, 3.8) is 0 Å². The van der Waals surface area contributed by atoms with Crippen LogP contribution in [0.1, 0.15) is 5.56 Å². The number of nitrogens with one attached hydrogen (secondary N) is 2. The summed E-state index contributed by atoms with van der Waals surface area (Å²) < 4.78 is 0. The number of amides is 1. The van der Waals surface area contributed by atoms with E-state index in [9.17, 15) is 9.59 Å². The van der Waals surface area contributed by atoms with Crippen LogP contribution in [0.3, 0.4) is 0 Å². The van der Waals surface area contributed by atoms with Crippen molar-refractivity contribution in [2.75, 3.05) is 0 Å². The second kappa shape index (κ2) is 3.02. The number of hydrogen-bond donors (Lipinski definition) is 3. The van der Waals surface area contributed by atoms with Gasteiger partial charge in [0.1, 0.15) is 0 Å². The summed E-state index contributed by atoms with van der Waals surface area (Å²) >= 11 is 0. The fourth-order valence-corrected chi connectivity index (χ4v) is 1.39. The molecule has 2 aromatic rings. The minimum atomic E-state index is -0.387. The number of carbonyl (C=O) groups excluding carboxylic acids is 1. The Hall–Kier alpha value is -2.04. The van der Waals surface area contributed by atoms with Gasteiger partial charge in [-0.25, -0.2) is 4.79 Å². The first-order valence-corrected chi connectivity index (χ1v) is 4.14. The van der Waals surface area contributed by atoms with Crippen LogP contribution in [0, 0.1) is 0 Å². The third-order valence-electron chi connectivity index (χ3n) is 1.96. The molecule has 0 fully saturated rings. The van der Waals surface area contributed by atoms with E-state index in [0.29, 0.717) is 5.52 Å². The molecule has 0 bridgehead atoms. The zero-order valence-corrected chi connectivity index (χ0v) is 7.33. The highest BCUT2D eigenvalue weighted by Crippen LogP contribution is 2.10. The molecule has 0 saturated carbocycles. The molecule has 1 amide bonds. The fourth-order valence-electron chi connectivity index (χ4n) is 1.39. The number of H-pyrrole nitrogens is 2. The zero-order valence-electron chi connectivity index (χ0n) is 7.33. The molecule has 14 heavy (non-hydrogen) atoms. The molecule has 0 aliphatic heterocycles. The first-order valence-electron chi connectivity index (χ1n) is 4.14. The lowest BCUT2D eigenvalue weighted by Crippen LogP contribution is -2.13. The van der Waals surface area contributed by atoms with Crippen molar-refractivity contribution in [1.82, 2.24) is 9.97 Å². The van der Waals surface area contributed by atoms with Crippen LogP contribution in [0.4, 0.5) is 0 Å². The Balaban J connectivity index is 2.50. The number of fused-ring (bicyclic) bond motifs is 1. The summed E-state index contributed by atoms with van der Waals surface area (Å²) in [4.78, 5) is 26.8. The molecule has 0 unspecified atom stereocenters. The Labute approximate surface area is 78.9 Å². The third-order valence-corrected chi connectivity index (χ3v) is 1.96. The predicted molar refractivity (Wildman–Crippen MR) is 51.8 cm³/mol. The van der Waals surface area contributed by atoms with Crippen molar-refractivity contribution in [2.45, 2.75) is 6.42 Å². The number of primary amides is 1. The second-order valence-corrected chi connectivity index (χ2v) is 3.10. The molecule has 0 aliphatic rings. The van der Waals surface area contributed by atoms with Crippen molar-refractivity contribution >= 4 is 16.9 Å². The van der Waals surface area contributed by atoms with Gasteiger partial charge in [0.05, 0.1) is 17.5 Å². The number of aromatic amines is 2. The molecule has 5 nitrogen and oxygen atoms in total. The number of hydrogen-bond acceptors (Lipinski definition) is 2. The molecule has 0 spiro atoms. The Morgan fingerprint density at radius 1 is 1.29 bits per heavy atom. The van der Waals surface area contributed by atoms with E-state index in [0.717, 1.165) is 11.1 Å². The van der Waals surface area contributed by atoms with E-state index in [1.807, 2.05) is 0 Å². The number of nitrogens with two attached hydrogens (primary N) is 1. The topological polar surface area (TPSA) is 91.7 Å². The molecule has 5 heteroatoms. The quantitative estimate of drug-likeness (QED) is 0.617. The van der Waals surface area contributed by atoms with Crippen LogP contribution in [0.25, 0.3) is 11.0 Å². The van der Waals surface area contributed by atoms with E-state index in [4.69, 9.17) is 5.73 Å². The standard InChI is InChI=1S/C9H9N3O2/c10-8(13)4-5-1-2-6-7(3-5)12-9(14)11-6/h1-3H,4H2,(H2,10,13)(H2,11,12,14). The lowest BCUT2D eigenvalue weighted by molar-refractivity contribution is -0.117. The van der Waals surface area contributed by atoms with Gasteiger partial charge in [0, 0.05) is 0 Å². The lowest BCUT2D eigenvalue weighted by atomic mass is 10.1. The summed E-state index contributed by atoms with van der Waals surface area (Å²) in [6.07, 6.45) is 0.184. The molecule has 4 N–H and O–H groups in total. The van der Waals surface area contributed by atoms with E-state index < -0.39 is 0 Å². The van der Waals surface area contributed by atoms with Gasteiger partial charge in [0.25, 0.3) is 0 Å². The summed E-state index contributed by atoms with van der Waals surface area (Å²) in [5.74, 6) is -0.387. The van der Waals surface area contributed by atoms with Crippen LogP contribution in [-0.2, 0) is 11.2 Å². The smallest absolute Gasteiger partial charge is 0.323 e. The van der Waals surface area contributed by atoms with Crippen LogP contribution in [0.5, 0.6) is 0 Å². The molecule has 0 saturated heterocycles. The van der Waals surface area contributed by atoms with Gasteiger partial charge in [0.2, 0.25) is 5.91 Å². The van der Waals surface area contributed by atoms with Crippen molar-refractivity contribution in [3.8, 4) is 0 Å². The first-order chi connectivity index (χ1) is 6.65. The Kier molecular flexibility index (Phi) is 1.85. The molecule has 2 rings (SSSR count). The van der Waals surface area contributed by atoms with Gasteiger partial charge < -0.3 is 15.7 Å². The Bertz CT molecular complexity index is 538. The van der Waals surface area contributed by atoms with E-state index >= 15 is 0 Å². The minimum absolute atomic E-state index is 0.184. The second-order valence-electron chi connectivity index (χ2n) is 3.10. The highest BCUT2D eigenvalue weighted by Gasteiger charge is 2.01. The van der Waals surface area contributed by atoms with Gasteiger partial charge in [-0.2, -0.15) is 0 Å². The van der Waals surface area contributed by atoms with Crippen molar-refractivity contribution < 1.29 is 4.79 Å². The fraction of sp³-hybridized carbons (Fsp3) is 0.111. The predicted octanol–water partition coefficient (Wildman–Crippen LogP) is -0.116. The largest absolute Gasteiger partial charge is 0.369 e. The maximum absolute atomic E-state index is 10.9. The van der Waals surface area contributed by atoms with Crippen LogP contribution < -0.4 is 11.4 Å². The molecule has 1 aromatic heterocycles. The van der Waals surface area contributed by atoms with Gasteiger partial charge in [0.15, 0.2) is 0 Å². The highest BCUT2D eigenvalue weighted by atomic mass is 16.1. The van der Waals surface area contributed by atoms with E-state index in [1.165, 1.54) is 0 Å². The molecule has 0 atom stereocenters. The van der Waals surface area contributed by atoms with Gasteiger partial charge in [-0.1, -0.05) is 6.07 Å². The average Bonchev–Trinajstić information content (AvgIpc) is 2.42. The Morgan fingerprint density at radius 3 is 2.71 bits per heavy atom. The highest BCUT2D eigenvalue weighted by molar-refractivity contribution is 5.80. The Morgan fingerprint density at radius 2 is 2.00 bits per heavy atom. The average molecular weight is 191 g/mol. The summed E-state index contributed by atoms with van der Waals surface area (Å²) in [6, 6.07) is 5.24. The molecule has 1 heterocycles. The van der Waals surface area contributed by atoms with Gasteiger partial charge in [-0.05, 0) is 17.7 Å². The number of rotatable bonds is 2. The molecular weight excluding hydrogens is 182 g/mol. The molecule has 1 aromatic carbocycles. The maximum atomic E-state index is 10.9. The van der Waals surface area contributed by atoms with Crippen molar-refractivity contribution in [2.24, 2.45) is 5.73 Å². The molecule has 72 valence electrons. The van der Waals surface area contributed by atoms with Gasteiger partial charge >= 0.3 is 5.69 Å². The summed E-state index contributed by atoms with van der Waals surface area (Å²) in [6.45, 7) is 0.